The lowest BCUT2D eigenvalue weighted by Crippen LogP contribution is -2.33. The number of guanidine groups is 1. The molecule has 1 aromatic rings. The molecule has 6 heteroatoms. The summed E-state index contributed by atoms with van der Waals surface area (Å²) in [5.41, 5.74) is 6.80. The fourth-order valence-corrected chi connectivity index (χ4v) is 1.75. The van der Waals surface area contributed by atoms with Gasteiger partial charge < -0.3 is 16.0 Å². The molecule has 0 amide bonds. The van der Waals surface area contributed by atoms with E-state index in [1.807, 2.05) is 19.0 Å². The number of hydrogen-bond donors (Lipinski definition) is 2. The number of hydrogen-bond acceptors (Lipinski definition) is 2. The fourth-order valence-electron chi connectivity index (χ4n) is 1.75. The fraction of sp³-hybridized carbons (Fsp3) is 0.500. The molecule has 0 saturated carbocycles. The van der Waals surface area contributed by atoms with Crippen LogP contribution in [0, 0.1) is 5.82 Å². The van der Waals surface area contributed by atoms with Crippen molar-refractivity contribution in [3.05, 3.63) is 35.6 Å². The van der Waals surface area contributed by atoms with Gasteiger partial charge in [-0.05, 0) is 38.2 Å². The van der Waals surface area contributed by atoms with Crippen LogP contribution in [0.3, 0.4) is 0 Å². The Balaban J connectivity index is 0.00000361. The molecule has 1 rings (SSSR count). The van der Waals surface area contributed by atoms with Gasteiger partial charge in [0.15, 0.2) is 5.96 Å². The normalized spacial score (nSPS) is 12.9. The molecule has 0 radical (unpaired) electrons. The highest BCUT2D eigenvalue weighted by Gasteiger charge is 2.13. The van der Waals surface area contributed by atoms with Crippen molar-refractivity contribution < 1.29 is 4.39 Å². The molecule has 1 atom stereocenters. The molecule has 4 nitrogen and oxygen atoms in total. The summed E-state index contributed by atoms with van der Waals surface area (Å²) >= 11 is 0. The lowest BCUT2D eigenvalue weighted by molar-refractivity contribution is 0.306. The van der Waals surface area contributed by atoms with Crippen molar-refractivity contribution in [2.45, 2.75) is 19.4 Å². The van der Waals surface area contributed by atoms with E-state index in [1.54, 1.807) is 12.1 Å². The van der Waals surface area contributed by atoms with E-state index in [0.29, 0.717) is 12.5 Å². The highest BCUT2D eigenvalue weighted by molar-refractivity contribution is 14.0. The third-order valence-corrected chi connectivity index (χ3v) is 2.87. The minimum Gasteiger partial charge on any atom is -0.370 e. The van der Waals surface area contributed by atoms with E-state index in [1.165, 1.54) is 12.1 Å². The second-order valence-electron chi connectivity index (χ2n) is 4.68. The third-order valence-electron chi connectivity index (χ3n) is 2.87. The van der Waals surface area contributed by atoms with Crippen LogP contribution in [-0.2, 0) is 0 Å². The van der Waals surface area contributed by atoms with E-state index >= 15 is 0 Å². The van der Waals surface area contributed by atoms with Crippen LogP contribution in [0.1, 0.15) is 24.9 Å². The number of likely N-dealkylation sites (N-methyl/N-ethyl adjacent to an activating group) is 1. The van der Waals surface area contributed by atoms with Crippen LogP contribution in [0.5, 0.6) is 0 Å². The zero-order valence-corrected chi connectivity index (χ0v) is 14.6. The minimum atomic E-state index is -0.228. The summed E-state index contributed by atoms with van der Waals surface area (Å²) in [5, 5.41) is 3.04. The van der Waals surface area contributed by atoms with Crippen molar-refractivity contribution in [1.29, 1.82) is 0 Å². The van der Waals surface area contributed by atoms with Gasteiger partial charge in [0.05, 0.1) is 12.6 Å². The van der Waals surface area contributed by atoms with Gasteiger partial charge in [-0.3, -0.25) is 4.99 Å². The summed E-state index contributed by atoms with van der Waals surface area (Å²) in [5.74, 6) is 0.227. The van der Waals surface area contributed by atoms with Crippen LogP contribution >= 0.6 is 24.0 Å². The number of nitrogens with two attached hydrogens (primary N) is 1. The van der Waals surface area contributed by atoms with E-state index in [2.05, 4.69) is 17.2 Å². The monoisotopic (exact) mass is 394 g/mol. The molecule has 0 spiro atoms. The van der Waals surface area contributed by atoms with E-state index in [4.69, 9.17) is 5.73 Å². The standard InChI is InChI=1S/C14H23FN4.HI/c1-4-9-17-14(16)18-10-13(19(2)3)11-5-7-12(15)8-6-11;/h5-8,13H,4,9-10H2,1-3H3,(H3,16,17,18);1H. The van der Waals surface area contributed by atoms with Gasteiger partial charge in [-0.1, -0.05) is 19.1 Å². The molecule has 1 aromatic carbocycles. The second kappa shape index (κ2) is 9.93. The Kier molecular flexibility index (Phi) is 9.49. The largest absolute Gasteiger partial charge is 0.370 e. The number of nitrogens with one attached hydrogen (secondary N) is 1. The maximum atomic E-state index is 12.9. The van der Waals surface area contributed by atoms with E-state index < -0.39 is 0 Å². The minimum absolute atomic E-state index is 0. The maximum Gasteiger partial charge on any atom is 0.188 e. The van der Waals surface area contributed by atoms with Crippen LogP contribution in [0.4, 0.5) is 4.39 Å². The predicted molar refractivity (Wildman–Crippen MR) is 93.0 cm³/mol. The topological polar surface area (TPSA) is 53.6 Å². The third kappa shape index (κ3) is 6.51. The van der Waals surface area contributed by atoms with Crippen molar-refractivity contribution in [2.24, 2.45) is 10.7 Å². The Hall–Kier alpha value is -0.890. The molecule has 3 N–H and O–H groups in total. The summed E-state index contributed by atoms with van der Waals surface area (Å²) in [6.07, 6.45) is 1.01. The van der Waals surface area contributed by atoms with Crippen LogP contribution in [0.15, 0.2) is 29.3 Å². The average Bonchev–Trinajstić information content (AvgIpc) is 2.38. The van der Waals surface area contributed by atoms with Gasteiger partial charge >= 0.3 is 0 Å². The molecule has 0 aromatic heterocycles. The van der Waals surface area contributed by atoms with Crippen LogP contribution in [0.25, 0.3) is 0 Å². The van der Waals surface area contributed by atoms with Gasteiger partial charge in [-0.2, -0.15) is 0 Å². The summed E-state index contributed by atoms with van der Waals surface area (Å²) < 4.78 is 12.9. The summed E-state index contributed by atoms with van der Waals surface area (Å²) in [6, 6.07) is 6.58. The molecule has 0 aliphatic carbocycles. The molecule has 0 fully saturated rings. The summed E-state index contributed by atoms with van der Waals surface area (Å²) in [6.45, 7) is 3.43. The van der Waals surface area contributed by atoms with E-state index in [9.17, 15) is 4.39 Å². The van der Waals surface area contributed by atoms with Gasteiger partial charge in [0, 0.05) is 6.54 Å². The lowest BCUT2D eigenvalue weighted by atomic mass is 10.1. The van der Waals surface area contributed by atoms with Gasteiger partial charge in [-0.25, -0.2) is 4.39 Å². The first kappa shape index (κ1) is 19.1. The second-order valence-corrected chi connectivity index (χ2v) is 4.68. The van der Waals surface area contributed by atoms with Gasteiger partial charge in [0.2, 0.25) is 0 Å². The van der Waals surface area contributed by atoms with Gasteiger partial charge in [0.25, 0.3) is 0 Å². The Morgan fingerprint density at radius 2 is 1.95 bits per heavy atom. The Labute approximate surface area is 137 Å². The zero-order chi connectivity index (χ0) is 14.3. The highest BCUT2D eigenvalue weighted by Crippen LogP contribution is 2.18. The smallest absolute Gasteiger partial charge is 0.188 e. The molecule has 114 valence electrons. The molecule has 20 heavy (non-hydrogen) atoms. The van der Waals surface area contributed by atoms with Crippen molar-refractivity contribution in [3.63, 3.8) is 0 Å². The Morgan fingerprint density at radius 1 is 1.35 bits per heavy atom. The number of aliphatic imine (C=N–C) groups is 1. The van der Waals surface area contributed by atoms with E-state index in [-0.39, 0.29) is 35.8 Å². The van der Waals surface area contributed by atoms with Crippen molar-refractivity contribution >= 4 is 29.9 Å². The molecular weight excluding hydrogens is 370 g/mol. The molecule has 0 aliphatic heterocycles. The number of rotatable bonds is 6. The molecular formula is C14H24FIN4. The van der Waals surface area contributed by atoms with Crippen LogP contribution < -0.4 is 11.1 Å². The SMILES string of the molecule is CCCNC(N)=NCC(c1ccc(F)cc1)N(C)C.I. The number of benzene rings is 1. The zero-order valence-electron chi connectivity index (χ0n) is 12.3. The molecule has 1 unspecified atom stereocenters. The molecule has 0 heterocycles. The first-order valence-electron chi connectivity index (χ1n) is 6.50. The van der Waals surface area contributed by atoms with Crippen molar-refractivity contribution in [3.8, 4) is 0 Å². The Bertz CT molecular complexity index is 406. The molecule has 0 saturated heterocycles. The molecule has 0 aliphatic rings. The van der Waals surface area contributed by atoms with Crippen molar-refractivity contribution in [2.75, 3.05) is 27.2 Å². The van der Waals surface area contributed by atoms with Crippen LogP contribution in [0.2, 0.25) is 0 Å². The van der Waals surface area contributed by atoms with Crippen LogP contribution in [-0.4, -0.2) is 38.0 Å². The van der Waals surface area contributed by atoms with Crippen molar-refractivity contribution in [1.82, 2.24) is 10.2 Å². The summed E-state index contributed by atoms with van der Waals surface area (Å²) in [4.78, 5) is 6.38. The highest BCUT2D eigenvalue weighted by atomic mass is 127. The first-order chi connectivity index (χ1) is 9.04. The van der Waals surface area contributed by atoms with E-state index in [0.717, 1.165) is 18.5 Å². The lowest BCUT2D eigenvalue weighted by Gasteiger charge is -2.23. The average molecular weight is 394 g/mol. The summed E-state index contributed by atoms with van der Waals surface area (Å²) in [7, 11) is 3.94. The molecule has 0 bridgehead atoms. The maximum absolute atomic E-state index is 12.9. The number of halogens is 2. The first-order valence-corrected chi connectivity index (χ1v) is 6.50. The quantitative estimate of drug-likeness (QED) is 0.443. The number of nitrogens with zero attached hydrogens (tertiary/aromatic N) is 2. The van der Waals surface area contributed by atoms with Gasteiger partial charge in [0.1, 0.15) is 5.82 Å². The predicted octanol–water partition coefficient (Wildman–Crippen LogP) is 2.36. The van der Waals surface area contributed by atoms with Gasteiger partial charge in [-0.15, -0.1) is 24.0 Å². The Morgan fingerprint density at radius 3 is 2.45 bits per heavy atom.